The van der Waals surface area contributed by atoms with Crippen LogP contribution >= 0.6 is 0 Å². The number of sulfonamides is 1. The van der Waals surface area contributed by atoms with Crippen molar-refractivity contribution in [2.24, 2.45) is 0 Å². The van der Waals surface area contributed by atoms with Gasteiger partial charge in [-0.15, -0.1) is 0 Å². The molecule has 1 fully saturated rings. The number of rotatable bonds is 5. The van der Waals surface area contributed by atoms with E-state index in [0.29, 0.717) is 5.95 Å². The van der Waals surface area contributed by atoms with Crippen LogP contribution in [0.1, 0.15) is 12.0 Å². The van der Waals surface area contributed by atoms with Crippen molar-refractivity contribution >= 4 is 21.7 Å². The second-order valence-electron chi connectivity index (χ2n) is 6.82. The highest BCUT2D eigenvalue weighted by Gasteiger charge is 2.19. The number of aromatic nitrogens is 2. The maximum atomic E-state index is 14.0. The maximum Gasteiger partial charge on any atom is 0.261 e. The molecule has 0 amide bonds. The summed E-state index contributed by atoms with van der Waals surface area (Å²) in [6.07, 6.45) is 4.51. The molecule has 0 radical (unpaired) electrons. The molecule has 3 aromatic rings. The molecule has 4 rings (SSSR count). The van der Waals surface area contributed by atoms with Crippen LogP contribution in [-0.2, 0) is 10.0 Å². The van der Waals surface area contributed by atoms with E-state index in [2.05, 4.69) is 19.6 Å². The predicted octanol–water partition coefficient (Wildman–Crippen LogP) is 3.74. The molecule has 0 unspecified atom stereocenters. The lowest BCUT2D eigenvalue weighted by Crippen LogP contribution is -2.38. The number of anilines is 2. The van der Waals surface area contributed by atoms with Crippen molar-refractivity contribution in [2.75, 3.05) is 22.7 Å². The maximum absolute atomic E-state index is 14.0. The van der Waals surface area contributed by atoms with Crippen LogP contribution in [-0.4, -0.2) is 31.5 Å². The largest absolute Gasteiger partial charge is 0.341 e. The molecule has 0 atom stereocenters. The van der Waals surface area contributed by atoms with E-state index >= 15 is 0 Å². The summed E-state index contributed by atoms with van der Waals surface area (Å²) >= 11 is 0. The highest BCUT2D eigenvalue weighted by molar-refractivity contribution is 7.92. The van der Waals surface area contributed by atoms with Gasteiger partial charge < -0.3 is 4.90 Å². The summed E-state index contributed by atoms with van der Waals surface area (Å²) in [6.45, 7) is 3.30. The zero-order chi connectivity index (χ0) is 20.6. The molecular formula is C20H18F2N4O2S. The second-order valence-corrected chi connectivity index (χ2v) is 8.51. The molecule has 0 aliphatic carbocycles. The predicted molar refractivity (Wildman–Crippen MR) is 106 cm³/mol. The fourth-order valence-electron chi connectivity index (χ4n) is 2.90. The van der Waals surface area contributed by atoms with Gasteiger partial charge in [-0.2, -0.15) is 0 Å². The molecule has 2 aromatic carbocycles. The highest BCUT2D eigenvalue weighted by atomic mass is 32.2. The third kappa shape index (κ3) is 3.91. The lowest BCUT2D eigenvalue weighted by atomic mass is 10.1. The van der Waals surface area contributed by atoms with Gasteiger partial charge in [0.05, 0.1) is 10.6 Å². The minimum atomic E-state index is -4.07. The van der Waals surface area contributed by atoms with Crippen LogP contribution in [0.15, 0.2) is 53.7 Å². The van der Waals surface area contributed by atoms with Crippen molar-refractivity contribution in [3.8, 4) is 11.1 Å². The Morgan fingerprint density at radius 3 is 2.21 bits per heavy atom. The van der Waals surface area contributed by atoms with Crippen molar-refractivity contribution in [1.82, 2.24) is 9.97 Å². The van der Waals surface area contributed by atoms with Crippen LogP contribution in [0.3, 0.4) is 0 Å². The van der Waals surface area contributed by atoms with E-state index in [-0.39, 0.29) is 10.5 Å². The second kappa shape index (κ2) is 7.40. The molecule has 1 N–H and O–H groups in total. The van der Waals surface area contributed by atoms with Gasteiger partial charge in [-0.3, -0.25) is 4.72 Å². The Kier molecular flexibility index (Phi) is 4.91. The standard InChI is InChI=1S/C20H18F2N4O2S/c1-13-9-18(22)19(10-17(13)21)25-29(27,28)16-5-3-14(4-6-16)15-11-23-20(24-12-15)26-7-2-8-26/h3-6,9-12,25H,2,7-8H2,1H3. The third-order valence-corrected chi connectivity index (χ3v) is 6.15. The summed E-state index contributed by atoms with van der Waals surface area (Å²) in [4.78, 5) is 10.7. The van der Waals surface area contributed by atoms with Gasteiger partial charge in [-0.1, -0.05) is 12.1 Å². The van der Waals surface area contributed by atoms with E-state index in [1.807, 2.05) is 0 Å². The van der Waals surface area contributed by atoms with Gasteiger partial charge >= 0.3 is 0 Å². The molecule has 29 heavy (non-hydrogen) atoms. The molecule has 9 heteroatoms. The smallest absolute Gasteiger partial charge is 0.261 e. The van der Waals surface area contributed by atoms with Crippen LogP contribution < -0.4 is 9.62 Å². The minimum absolute atomic E-state index is 0.0697. The Hall–Kier alpha value is -3.07. The first-order chi connectivity index (χ1) is 13.8. The zero-order valence-corrected chi connectivity index (χ0v) is 16.4. The number of benzene rings is 2. The average Bonchev–Trinajstić information content (AvgIpc) is 2.65. The zero-order valence-electron chi connectivity index (χ0n) is 15.6. The van der Waals surface area contributed by atoms with Crippen LogP contribution in [0.2, 0.25) is 0 Å². The molecule has 0 bridgehead atoms. The van der Waals surface area contributed by atoms with Crippen molar-refractivity contribution < 1.29 is 17.2 Å². The van der Waals surface area contributed by atoms with E-state index in [1.165, 1.54) is 19.1 Å². The summed E-state index contributed by atoms with van der Waals surface area (Å²) in [5, 5.41) is 0. The molecule has 0 saturated carbocycles. The molecule has 1 aliphatic heterocycles. The lowest BCUT2D eigenvalue weighted by Gasteiger charge is -2.30. The monoisotopic (exact) mass is 416 g/mol. The van der Waals surface area contributed by atoms with Gasteiger partial charge in [0, 0.05) is 37.1 Å². The molecule has 1 saturated heterocycles. The van der Waals surface area contributed by atoms with Crippen molar-refractivity contribution in [2.45, 2.75) is 18.2 Å². The fraction of sp³-hybridized carbons (Fsp3) is 0.200. The molecule has 0 spiro atoms. The van der Waals surface area contributed by atoms with Crippen molar-refractivity contribution in [3.05, 3.63) is 66.0 Å². The van der Waals surface area contributed by atoms with Crippen LogP contribution in [0.5, 0.6) is 0 Å². The van der Waals surface area contributed by atoms with Crippen LogP contribution in [0, 0.1) is 18.6 Å². The van der Waals surface area contributed by atoms with Gasteiger partial charge in [0.2, 0.25) is 5.95 Å². The molecule has 1 aromatic heterocycles. The first-order valence-electron chi connectivity index (χ1n) is 8.99. The van der Waals surface area contributed by atoms with Gasteiger partial charge in [-0.25, -0.2) is 27.2 Å². The van der Waals surface area contributed by atoms with E-state index in [9.17, 15) is 17.2 Å². The number of halogens is 2. The Morgan fingerprint density at radius 1 is 0.966 bits per heavy atom. The van der Waals surface area contributed by atoms with Gasteiger partial charge in [0.25, 0.3) is 10.0 Å². The Morgan fingerprint density at radius 2 is 1.62 bits per heavy atom. The molecular weight excluding hydrogens is 398 g/mol. The number of nitrogens with zero attached hydrogens (tertiary/aromatic N) is 3. The first kappa shape index (κ1) is 19.3. The lowest BCUT2D eigenvalue weighted by molar-refractivity contribution is 0.590. The van der Waals surface area contributed by atoms with Gasteiger partial charge in [-0.05, 0) is 42.7 Å². The summed E-state index contributed by atoms with van der Waals surface area (Å²) < 4.78 is 54.8. The summed E-state index contributed by atoms with van der Waals surface area (Å²) in [7, 11) is -4.07. The van der Waals surface area contributed by atoms with E-state index in [0.717, 1.165) is 42.8 Å². The van der Waals surface area contributed by atoms with Crippen molar-refractivity contribution in [1.29, 1.82) is 0 Å². The third-order valence-electron chi connectivity index (χ3n) is 4.77. The van der Waals surface area contributed by atoms with Gasteiger partial charge in [0.15, 0.2) is 0 Å². The quantitative estimate of drug-likeness (QED) is 0.686. The summed E-state index contributed by atoms with van der Waals surface area (Å²) in [5.41, 5.74) is 1.15. The Labute approximate surface area is 167 Å². The summed E-state index contributed by atoms with van der Waals surface area (Å²) in [6, 6.07) is 7.78. The van der Waals surface area contributed by atoms with E-state index in [1.54, 1.807) is 24.5 Å². The molecule has 6 nitrogen and oxygen atoms in total. The van der Waals surface area contributed by atoms with Crippen LogP contribution in [0.25, 0.3) is 11.1 Å². The van der Waals surface area contributed by atoms with Crippen molar-refractivity contribution in [3.63, 3.8) is 0 Å². The summed E-state index contributed by atoms with van der Waals surface area (Å²) in [5.74, 6) is -0.861. The number of hydrogen-bond donors (Lipinski definition) is 1. The number of hydrogen-bond acceptors (Lipinski definition) is 5. The molecule has 150 valence electrons. The topological polar surface area (TPSA) is 75.2 Å². The molecule has 2 heterocycles. The number of aryl methyl sites for hydroxylation is 1. The average molecular weight is 416 g/mol. The van der Waals surface area contributed by atoms with E-state index < -0.39 is 27.3 Å². The normalized spacial score (nSPS) is 13.8. The fourth-order valence-corrected chi connectivity index (χ4v) is 3.96. The van der Waals surface area contributed by atoms with Crippen LogP contribution in [0.4, 0.5) is 20.4 Å². The molecule has 1 aliphatic rings. The highest BCUT2D eigenvalue weighted by Crippen LogP contribution is 2.25. The SMILES string of the molecule is Cc1cc(F)c(NS(=O)(=O)c2ccc(-c3cnc(N4CCC4)nc3)cc2)cc1F. The first-order valence-corrected chi connectivity index (χ1v) is 10.5. The minimum Gasteiger partial charge on any atom is -0.341 e. The van der Waals surface area contributed by atoms with E-state index in [4.69, 9.17) is 0 Å². The Bertz CT molecular complexity index is 1150. The number of nitrogens with one attached hydrogen (secondary N) is 1. The Balaban J connectivity index is 1.54. The van der Waals surface area contributed by atoms with Gasteiger partial charge in [0.1, 0.15) is 11.6 Å².